The Morgan fingerprint density at radius 3 is 2.42 bits per heavy atom. The van der Waals surface area contributed by atoms with Gasteiger partial charge in [0.2, 0.25) is 0 Å². The van der Waals surface area contributed by atoms with Crippen molar-refractivity contribution in [3.8, 4) is 0 Å². The van der Waals surface area contributed by atoms with E-state index >= 15 is 0 Å². The molecule has 0 rings (SSSR count). The van der Waals surface area contributed by atoms with E-state index in [0.717, 1.165) is 19.4 Å². The van der Waals surface area contributed by atoms with Crippen LogP contribution >= 0.6 is 0 Å². The largest absolute Gasteiger partial charge is 0.379 e. The molecule has 0 aliphatic rings. The van der Waals surface area contributed by atoms with Gasteiger partial charge in [-0.25, -0.2) is 0 Å². The molecule has 0 saturated carbocycles. The molecular formula is C10H21NO. The van der Waals surface area contributed by atoms with Crippen LogP contribution in [0.3, 0.4) is 0 Å². The first-order chi connectivity index (χ1) is 5.55. The van der Waals surface area contributed by atoms with Gasteiger partial charge in [0.05, 0.1) is 5.60 Å². The maximum absolute atomic E-state index is 5.35. The van der Waals surface area contributed by atoms with E-state index in [1.54, 1.807) is 7.11 Å². The standard InChI is InChI=1S/C10H21NO/c1-6-9(8-11-4)7-10(2,3)12-5/h9H,4,6-8H2,1-3,5H3. The van der Waals surface area contributed by atoms with E-state index in [2.05, 4.69) is 32.5 Å². The normalized spacial score (nSPS) is 14.3. The zero-order valence-electron chi connectivity index (χ0n) is 8.76. The van der Waals surface area contributed by atoms with Gasteiger partial charge >= 0.3 is 0 Å². The lowest BCUT2D eigenvalue weighted by Crippen LogP contribution is -2.27. The number of rotatable bonds is 6. The minimum absolute atomic E-state index is 0.0225. The number of hydrogen-bond donors (Lipinski definition) is 0. The number of ether oxygens (including phenoxy) is 1. The Kier molecular flexibility index (Phi) is 5.14. The molecule has 1 atom stereocenters. The first-order valence-corrected chi connectivity index (χ1v) is 4.53. The molecule has 0 bridgehead atoms. The molecule has 0 radical (unpaired) electrons. The van der Waals surface area contributed by atoms with Crippen LogP contribution in [0.2, 0.25) is 0 Å². The Labute approximate surface area is 76.0 Å². The zero-order chi connectivity index (χ0) is 9.61. The third-order valence-electron chi connectivity index (χ3n) is 2.30. The van der Waals surface area contributed by atoms with Crippen molar-refractivity contribution < 1.29 is 4.74 Å². The smallest absolute Gasteiger partial charge is 0.0626 e. The van der Waals surface area contributed by atoms with Crippen molar-refractivity contribution in [2.45, 2.75) is 39.2 Å². The van der Waals surface area contributed by atoms with Crippen LogP contribution in [0.4, 0.5) is 0 Å². The highest BCUT2D eigenvalue weighted by molar-refractivity contribution is 5.23. The molecule has 0 aliphatic heterocycles. The van der Waals surface area contributed by atoms with Crippen molar-refractivity contribution in [3.05, 3.63) is 0 Å². The number of nitrogens with zero attached hydrogens (tertiary/aromatic N) is 1. The Morgan fingerprint density at radius 2 is 2.08 bits per heavy atom. The van der Waals surface area contributed by atoms with Crippen LogP contribution < -0.4 is 0 Å². The summed E-state index contributed by atoms with van der Waals surface area (Å²) in [6.45, 7) is 10.8. The molecule has 0 spiro atoms. The summed E-state index contributed by atoms with van der Waals surface area (Å²) in [5.74, 6) is 0.609. The fourth-order valence-corrected chi connectivity index (χ4v) is 1.30. The van der Waals surface area contributed by atoms with Crippen molar-refractivity contribution in [2.24, 2.45) is 10.9 Å². The van der Waals surface area contributed by atoms with Gasteiger partial charge in [0.15, 0.2) is 0 Å². The molecule has 72 valence electrons. The van der Waals surface area contributed by atoms with Crippen LogP contribution in [0, 0.1) is 5.92 Å². The van der Waals surface area contributed by atoms with Crippen molar-refractivity contribution in [2.75, 3.05) is 13.7 Å². The second-order valence-electron chi connectivity index (χ2n) is 3.85. The highest BCUT2D eigenvalue weighted by Crippen LogP contribution is 2.21. The van der Waals surface area contributed by atoms with Gasteiger partial charge in [-0.05, 0) is 32.9 Å². The van der Waals surface area contributed by atoms with E-state index in [1.807, 2.05) is 0 Å². The summed E-state index contributed by atoms with van der Waals surface area (Å²) in [5.41, 5.74) is -0.0225. The van der Waals surface area contributed by atoms with E-state index < -0.39 is 0 Å². The molecule has 0 fully saturated rings. The third kappa shape index (κ3) is 4.50. The van der Waals surface area contributed by atoms with E-state index in [9.17, 15) is 0 Å². The molecule has 0 aromatic rings. The molecule has 0 aromatic carbocycles. The SMILES string of the molecule is C=NCC(CC)CC(C)(C)OC. The first-order valence-electron chi connectivity index (χ1n) is 4.53. The lowest BCUT2D eigenvalue weighted by Gasteiger charge is -2.27. The predicted molar refractivity (Wildman–Crippen MR) is 53.9 cm³/mol. The topological polar surface area (TPSA) is 21.6 Å². The fourth-order valence-electron chi connectivity index (χ4n) is 1.30. The number of aliphatic imine (C=N–C) groups is 1. The summed E-state index contributed by atoms with van der Waals surface area (Å²) in [6.07, 6.45) is 2.20. The van der Waals surface area contributed by atoms with Gasteiger partial charge in [-0.15, -0.1) is 0 Å². The molecule has 2 heteroatoms. The molecule has 12 heavy (non-hydrogen) atoms. The third-order valence-corrected chi connectivity index (χ3v) is 2.30. The molecule has 0 amide bonds. The summed E-state index contributed by atoms with van der Waals surface area (Å²) < 4.78 is 5.35. The molecule has 1 unspecified atom stereocenters. The number of methoxy groups -OCH3 is 1. The minimum Gasteiger partial charge on any atom is -0.379 e. The molecule has 0 aliphatic carbocycles. The highest BCUT2D eigenvalue weighted by atomic mass is 16.5. The summed E-state index contributed by atoms with van der Waals surface area (Å²) in [6, 6.07) is 0. The summed E-state index contributed by atoms with van der Waals surface area (Å²) in [7, 11) is 1.76. The lowest BCUT2D eigenvalue weighted by atomic mass is 9.91. The molecule has 2 nitrogen and oxygen atoms in total. The predicted octanol–water partition coefficient (Wildman–Crippen LogP) is 2.53. The van der Waals surface area contributed by atoms with Crippen LogP contribution in [-0.4, -0.2) is 26.0 Å². The average Bonchev–Trinajstić information content (AvgIpc) is 2.03. The minimum atomic E-state index is -0.0225. The van der Waals surface area contributed by atoms with E-state index in [4.69, 9.17) is 4.74 Å². The van der Waals surface area contributed by atoms with Gasteiger partial charge in [0, 0.05) is 13.7 Å². The molecule has 0 saturated heterocycles. The maximum atomic E-state index is 5.35. The summed E-state index contributed by atoms with van der Waals surface area (Å²) in [4.78, 5) is 3.92. The Balaban J connectivity index is 3.91. The van der Waals surface area contributed by atoms with Gasteiger partial charge in [0.25, 0.3) is 0 Å². The van der Waals surface area contributed by atoms with Crippen molar-refractivity contribution in [1.29, 1.82) is 0 Å². The average molecular weight is 171 g/mol. The van der Waals surface area contributed by atoms with Crippen LogP contribution in [0.15, 0.2) is 4.99 Å². The van der Waals surface area contributed by atoms with E-state index in [0.29, 0.717) is 5.92 Å². The van der Waals surface area contributed by atoms with Crippen LogP contribution in [-0.2, 0) is 4.74 Å². The monoisotopic (exact) mass is 171 g/mol. The molecule has 0 heterocycles. The van der Waals surface area contributed by atoms with Gasteiger partial charge in [0.1, 0.15) is 0 Å². The molecule has 0 aromatic heterocycles. The summed E-state index contributed by atoms with van der Waals surface area (Å²) in [5, 5.41) is 0. The quantitative estimate of drug-likeness (QED) is 0.563. The fraction of sp³-hybridized carbons (Fsp3) is 0.900. The van der Waals surface area contributed by atoms with Gasteiger partial charge < -0.3 is 9.73 Å². The van der Waals surface area contributed by atoms with Crippen molar-refractivity contribution in [3.63, 3.8) is 0 Å². The van der Waals surface area contributed by atoms with Gasteiger partial charge in [-0.3, -0.25) is 0 Å². The lowest BCUT2D eigenvalue weighted by molar-refractivity contribution is 0.00253. The van der Waals surface area contributed by atoms with Crippen LogP contribution in [0.1, 0.15) is 33.6 Å². The Morgan fingerprint density at radius 1 is 1.50 bits per heavy atom. The highest BCUT2D eigenvalue weighted by Gasteiger charge is 2.21. The van der Waals surface area contributed by atoms with Gasteiger partial charge in [-0.2, -0.15) is 0 Å². The number of hydrogen-bond acceptors (Lipinski definition) is 2. The Bertz CT molecular complexity index is 132. The second kappa shape index (κ2) is 5.31. The van der Waals surface area contributed by atoms with Crippen molar-refractivity contribution in [1.82, 2.24) is 0 Å². The van der Waals surface area contributed by atoms with Crippen molar-refractivity contribution >= 4 is 6.72 Å². The van der Waals surface area contributed by atoms with E-state index in [1.165, 1.54) is 0 Å². The van der Waals surface area contributed by atoms with Gasteiger partial charge in [-0.1, -0.05) is 13.3 Å². The maximum Gasteiger partial charge on any atom is 0.0626 e. The van der Waals surface area contributed by atoms with E-state index in [-0.39, 0.29) is 5.60 Å². The first kappa shape index (κ1) is 11.6. The Hall–Kier alpha value is -0.370. The second-order valence-corrected chi connectivity index (χ2v) is 3.85. The molecule has 0 N–H and O–H groups in total. The summed E-state index contributed by atoms with van der Waals surface area (Å²) >= 11 is 0. The molecular weight excluding hydrogens is 150 g/mol. The zero-order valence-corrected chi connectivity index (χ0v) is 8.76. The van der Waals surface area contributed by atoms with Crippen LogP contribution in [0.5, 0.6) is 0 Å². The van der Waals surface area contributed by atoms with Crippen LogP contribution in [0.25, 0.3) is 0 Å².